The van der Waals surface area contributed by atoms with Gasteiger partial charge in [-0.3, -0.25) is 15.1 Å². The molecular weight excluding hydrogens is 270 g/mol. The van der Waals surface area contributed by atoms with Gasteiger partial charge in [-0.05, 0) is 32.0 Å². The van der Waals surface area contributed by atoms with Gasteiger partial charge in [0.05, 0.1) is 10.4 Å². The van der Waals surface area contributed by atoms with Crippen molar-refractivity contribution in [3.05, 3.63) is 53.3 Å². The van der Waals surface area contributed by atoms with Crippen LogP contribution in [0.5, 0.6) is 0 Å². The molecule has 0 radical (unpaired) electrons. The molecule has 2 aromatic heterocycles. The summed E-state index contributed by atoms with van der Waals surface area (Å²) >= 11 is 1.47. The van der Waals surface area contributed by atoms with E-state index in [0.29, 0.717) is 10.7 Å². The molecule has 4 nitrogen and oxygen atoms in total. The van der Waals surface area contributed by atoms with Gasteiger partial charge in [0.2, 0.25) is 0 Å². The van der Waals surface area contributed by atoms with Gasteiger partial charge in [-0.1, -0.05) is 29.5 Å². The summed E-state index contributed by atoms with van der Waals surface area (Å²) in [6, 6.07) is 11.1. The molecule has 2 heterocycles. The molecule has 3 aromatic rings. The molecule has 1 aromatic carbocycles. The largest absolute Gasteiger partial charge is 0.298 e. The van der Waals surface area contributed by atoms with Crippen molar-refractivity contribution < 1.29 is 4.79 Å². The Morgan fingerprint density at radius 3 is 2.65 bits per heavy atom. The number of rotatable bonds is 2. The van der Waals surface area contributed by atoms with Gasteiger partial charge in [-0.25, -0.2) is 4.98 Å². The number of anilines is 1. The van der Waals surface area contributed by atoms with Crippen LogP contribution in [0, 0.1) is 13.8 Å². The van der Waals surface area contributed by atoms with Gasteiger partial charge in [0.15, 0.2) is 5.13 Å². The summed E-state index contributed by atoms with van der Waals surface area (Å²) in [5.74, 6) is -0.146. The van der Waals surface area contributed by atoms with E-state index in [1.54, 1.807) is 12.1 Å². The smallest absolute Gasteiger partial charge is 0.257 e. The van der Waals surface area contributed by atoms with Crippen LogP contribution in [0.2, 0.25) is 0 Å². The summed E-state index contributed by atoms with van der Waals surface area (Å²) in [6.45, 7) is 3.88. The fourth-order valence-electron chi connectivity index (χ4n) is 2.04. The Labute approximate surface area is 120 Å². The minimum Gasteiger partial charge on any atom is -0.298 e. The lowest BCUT2D eigenvalue weighted by Crippen LogP contribution is -2.11. The monoisotopic (exact) mass is 283 g/mol. The second-order valence-electron chi connectivity index (χ2n) is 4.53. The first-order valence-electron chi connectivity index (χ1n) is 6.24. The first kappa shape index (κ1) is 12.7. The van der Waals surface area contributed by atoms with E-state index in [9.17, 15) is 4.79 Å². The Hall–Kier alpha value is -2.27. The molecule has 0 aliphatic heterocycles. The van der Waals surface area contributed by atoms with Crippen molar-refractivity contribution in [3.63, 3.8) is 0 Å². The predicted octanol–water partition coefficient (Wildman–Crippen LogP) is 3.56. The van der Waals surface area contributed by atoms with Crippen LogP contribution in [-0.2, 0) is 0 Å². The molecule has 100 valence electrons. The number of hydrogen-bond acceptors (Lipinski definition) is 4. The maximum atomic E-state index is 12.1. The lowest BCUT2D eigenvalue weighted by molar-refractivity contribution is 0.102. The number of pyridine rings is 1. The standard InChI is InChI=1S/C15H13N3OS/c1-9-8-12-13(10(2)16-9)17-15(20-12)18-14(19)11-6-4-3-5-7-11/h3-8H,1-2H3,(H,17,18,19). The Morgan fingerprint density at radius 1 is 1.15 bits per heavy atom. The quantitative estimate of drug-likeness (QED) is 0.782. The molecule has 3 rings (SSSR count). The van der Waals surface area contributed by atoms with Gasteiger partial charge in [0, 0.05) is 11.3 Å². The first-order chi connectivity index (χ1) is 9.63. The van der Waals surface area contributed by atoms with Crippen molar-refractivity contribution in [2.45, 2.75) is 13.8 Å². The number of amides is 1. The van der Waals surface area contributed by atoms with E-state index in [-0.39, 0.29) is 5.91 Å². The number of hydrogen-bond donors (Lipinski definition) is 1. The Morgan fingerprint density at radius 2 is 1.90 bits per heavy atom. The second-order valence-corrected chi connectivity index (χ2v) is 5.57. The van der Waals surface area contributed by atoms with Crippen LogP contribution in [-0.4, -0.2) is 15.9 Å². The van der Waals surface area contributed by atoms with Crippen LogP contribution in [0.3, 0.4) is 0 Å². The molecule has 1 amide bonds. The van der Waals surface area contributed by atoms with Crippen molar-refractivity contribution in [2.24, 2.45) is 0 Å². The van der Waals surface area contributed by atoms with Crippen LogP contribution < -0.4 is 5.32 Å². The number of carbonyl (C=O) groups is 1. The molecule has 0 atom stereocenters. The van der Waals surface area contributed by atoms with Gasteiger partial charge >= 0.3 is 0 Å². The number of thiazole rings is 1. The predicted molar refractivity (Wildman–Crippen MR) is 81.3 cm³/mol. The Bertz CT molecular complexity index is 780. The zero-order valence-corrected chi connectivity index (χ0v) is 12.0. The van der Waals surface area contributed by atoms with Gasteiger partial charge in [0.1, 0.15) is 5.52 Å². The third kappa shape index (κ3) is 2.40. The molecule has 0 saturated carbocycles. The van der Waals surface area contributed by atoms with E-state index in [1.807, 2.05) is 38.1 Å². The Balaban J connectivity index is 1.92. The summed E-state index contributed by atoms with van der Waals surface area (Å²) in [5.41, 5.74) is 3.32. The maximum Gasteiger partial charge on any atom is 0.257 e. The molecular formula is C15H13N3OS. The zero-order chi connectivity index (χ0) is 14.1. The average Bonchev–Trinajstić information content (AvgIpc) is 2.82. The number of benzene rings is 1. The van der Waals surface area contributed by atoms with Crippen molar-refractivity contribution in [1.29, 1.82) is 0 Å². The summed E-state index contributed by atoms with van der Waals surface area (Å²) < 4.78 is 1.04. The number of nitrogens with one attached hydrogen (secondary N) is 1. The number of carbonyl (C=O) groups excluding carboxylic acids is 1. The van der Waals surface area contributed by atoms with Crippen LogP contribution in [0.15, 0.2) is 36.4 Å². The summed E-state index contributed by atoms with van der Waals surface area (Å²) in [7, 11) is 0. The number of aromatic nitrogens is 2. The van der Waals surface area contributed by atoms with Crippen molar-refractivity contribution >= 4 is 32.6 Å². The average molecular weight is 283 g/mol. The third-order valence-corrected chi connectivity index (χ3v) is 3.85. The van der Waals surface area contributed by atoms with Gasteiger partial charge < -0.3 is 0 Å². The van der Waals surface area contributed by atoms with E-state index in [1.165, 1.54) is 11.3 Å². The van der Waals surface area contributed by atoms with E-state index in [0.717, 1.165) is 21.6 Å². The summed E-state index contributed by atoms with van der Waals surface area (Å²) in [4.78, 5) is 20.9. The molecule has 0 unspecified atom stereocenters. The van der Waals surface area contributed by atoms with Crippen LogP contribution in [0.4, 0.5) is 5.13 Å². The highest BCUT2D eigenvalue weighted by Crippen LogP contribution is 2.28. The first-order valence-corrected chi connectivity index (χ1v) is 7.06. The molecule has 0 spiro atoms. The van der Waals surface area contributed by atoms with Crippen LogP contribution in [0.25, 0.3) is 10.2 Å². The molecule has 5 heteroatoms. The SMILES string of the molecule is Cc1cc2sc(NC(=O)c3ccccc3)nc2c(C)n1. The number of fused-ring (bicyclic) bond motifs is 1. The van der Waals surface area contributed by atoms with Gasteiger partial charge in [0.25, 0.3) is 5.91 Å². The fraction of sp³-hybridized carbons (Fsp3) is 0.133. The lowest BCUT2D eigenvalue weighted by atomic mass is 10.2. The minimum absolute atomic E-state index is 0.146. The molecule has 20 heavy (non-hydrogen) atoms. The number of nitrogens with zero attached hydrogens (tertiary/aromatic N) is 2. The zero-order valence-electron chi connectivity index (χ0n) is 11.2. The van der Waals surface area contributed by atoms with E-state index in [2.05, 4.69) is 15.3 Å². The summed E-state index contributed by atoms with van der Waals surface area (Å²) in [6.07, 6.45) is 0. The Kier molecular flexibility index (Phi) is 3.20. The van der Waals surface area contributed by atoms with Gasteiger partial charge in [-0.15, -0.1) is 0 Å². The van der Waals surface area contributed by atoms with Crippen LogP contribution in [0.1, 0.15) is 21.7 Å². The maximum absolute atomic E-state index is 12.1. The lowest BCUT2D eigenvalue weighted by Gasteiger charge is -2.00. The number of aryl methyl sites for hydroxylation is 2. The van der Waals surface area contributed by atoms with E-state index < -0.39 is 0 Å². The second kappa shape index (κ2) is 5.02. The third-order valence-electron chi connectivity index (χ3n) is 2.94. The van der Waals surface area contributed by atoms with E-state index in [4.69, 9.17) is 0 Å². The highest BCUT2D eigenvalue weighted by molar-refractivity contribution is 7.22. The topological polar surface area (TPSA) is 54.9 Å². The van der Waals surface area contributed by atoms with E-state index >= 15 is 0 Å². The highest BCUT2D eigenvalue weighted by atomic mass is 32.1. The van der Waals surface area contributed by atoms with Crippen molar-refractivity contribution in [3.8, 4) is 0 Å². The normalized spacial score (nSPS) is 10.7. The van der Waals surface area contributed by atoms with Crippen molar-refractivity contribution in [1.82, 2.24) is 9.97 Å². The molecule has 0 saturated heterocycles. The molecule has 0 aliphatic rings. The van der Waals surface area contributed by atoms with Gasteiger partial charge in [-0.2, -0.15) is 0 Å². The molecule has 1 N–H and O–H groups in total. The molecule has 0 bridgehead atoms. The highest BCUT2D eigenvalue weighted by Gasteiger charge is 2.11. The minimum atomic E-state index is -0.146. The molecule has 0 fully saturated rings. The van der Waals surface area contributed by atoms with Crippen molar-refractivity contribution in [2.75, 3.05) is 5.32 Å². The fourth-order valence-corrected chi connectivity index (χ4v) is 3.05. The summed E-state index contributed by atoms with van der Waals surface area (Å²) in [5, 5.41) is 3.44. The van der Waals surface area contributed by atoms with Crippen LogP contribution >= 0.6 is 11.3 Å². The molecule has 0 aliphatic carbocycles.